The van der Waals surface area contributed by atoms with E-state index < -0.39 is 47.0 Å². The summed E-state index contributed by atoms with van der Waals surface area (Å²) in [6.45, 7) is 11.4. The first-order chi connectivity index (χ1) is 23.5. The van der Waals surface area contributed by atoms with Crippen molar-refractivity contribution < 1.29 is 50.8 Å². The molecule has 1 heterocycles. The van der Waals surface area contributed by atoms with Crippen molar-refractivity contribution >= 4 is 24.1 Å². The van der Waals surface area contributed by atoms with Crippen LogP contribution in [0.15, 0.2) is 65.6 Å². The molecule has 50 heavy (non-hydrogen) atoms. The third-order valence-corrected chi connectivity index (χ3v) is 16.9. The molecule has 1 aliphatic rings. The molecule has 4 rings (SSSR count). The minimum atomic E-state index is -4.39. The molecule has 1 saturated heterocycles. The normalized spacial score (nSPS) is 20.1. The second-order valence-electron chi connectivity index (χ2n) is 13.7. The fourth-order valence-electron chi connectivity index (χ4n) is 6.18. The van der Waals surface area contributed by atoms with E-state index in [-0.39, 0.29) is 23.1 Å². The lowest BCUT2D eigenvalue weighted by Crippen LogP contribution is -2.54. The van der Waals surface area contributed by atoms with Gasteiger partial charge in [0.15, 0.2) is 41.2 Å². The lowest BCUT2D eigenvalue weighted by molar-refractivity contribution is -0.149. The average Bonchev–Trinajstić information content (AvgIpc) is 3.49. The molecule has 13 heteroatoms. The number of hydrogen-bond donors (Lipinski definition) is 0. The number of carbonyl (C=O) groups excluding carboxylic acids is 1. The highest BCUT2D eigenvalue weighted by Gasteiger charge is 2.65. The highest BCUT2D eigenvalue weighted by Crippen LogP contribution is 2.57. The van der Waals surface area contributed by atoms with E-state index in [9.17, 15) is 4.79 Å². The molecule has 11 nitrogen and oxygen atoms in total. The summed E-state index contributed by atoms with van der Waals surface area (Å²) in [5, 5.41) is -0.200. The van der Waals surface area contributed by atoms with Crippen molar-refractivity contribution in [2.75, 3.05) is 48.8 Å². The average molecular weight is 731 g/mol. The monoisotopic (exact) mass is 730 g/mol. The van der Waals surface area contributed by atoms with Crippen LogP contribution >= 0.6 is 0 Å². The van der Waals surface area contributed by atoms with Crippen LogP contribution in [0.5, 0.6) is 28.7 Å². The largest absolute Gasteiger partial charge is 0.493 e. The molecule has 0 radical (unpaired) electrons. The summed E-state index contributed by atoms with van der Waals surface area (Å²) in [5.41, 5.74) is 0.950. The van der Waals surface area contributed by atoms with Gasteiger partial charge in [-0.1, -0.05) is 45.0 Å². The predicted molar refractivity (Wildman–Crippen MR) is 192 cm³/mol. The van der Waals surface area contributed by atoms with Crippen LogP contribution in [-0.2, 0) is 28.5 Å². The van der Waals surface area contributed by atoms with Gasteiger partial charge in [-0.05, 0) is 65.7 Å². The van der Waals surface area contributed by atoms with E-state index in [1.165, 1.54) is 54.6 Å². The highest BCUT2D eigenvalue weighted by atomic mass is 32.2. The first kappa shape index (κ1) is 39.0. The van der Waals surface area contributed by atoms with Crippen LogP contribution in [0.2, 0.25) is 18.1 Å². The lowest BCUT2D eigenvalue weighted by atomic mass is 9.81. The van der Waals surface area contributed by atoms with Crippen molar-refractivity contribution in [1.29, 1.82) is 0 Å². The Labute approximate surface area is 297 Å². The number of ether oxygens (including phenoxy) is 7. The second kappa shape index (κ2) is 15.2. The summed E-state index contributed by atoms with van der Waals surface area (Å²) in [7, 11) is 0.619. The molecule has 3 aromatic rings. The molecule has 0 aromatic heterocycles. The van der Waals surface area contributed by atoms with Gasteiger partial charge >= 0.3 is 5.97 Å². The zero-order valence-electron chi connectivity index (χ0n) is 30.8. The topological polar surface area (TPSA) is 125 Å². The standard InChI is InChI=1S/C37H50O11SSi/c1-24(38)48-35(25-17-18-29(41-5)30(19-25)42-6)37(49(39,40)27-15-13-12-14-16-27)23-46-33(28(37)22-47-50(10,11)36(2,3)4)26-20-31(43-7)34(45-9)32(21-26)44-8/h12-21,28,33,35H,22-23H2,1-11H3/t28-,33-,35?,37?/m1/s1. The Balaban J connectivity index is 2.11. The molecule has 1 fully saturated rings. The zero-order chi connectivity index (χ0) is 37.1. The molecule has 0 amide bonds. The minimum absolute atomic E-state index is 0.0328. The maximum Gasteiger partial charge on any atom is 0.303 e. The number of methoxy groups -OCH3 is 5. The summed E-state index contributed by atoms with van der Waals surface area (Å²) < 4.78 is 76.7. The minimum Gasteiger partial charge on any atom is -0.493 e. The number of esters is 1. The van der Waals surface area contributed by atoms with Crippen molar-refractivity contribution in [3.8, 4) is 28.7 Å². The van der Waals surface area contributed by atoms with Crippen molar-refractivity contribution in [3.63, 3.8) is 0 Å². The molecule has 3 aromatic carbocycles. The fraction of sp³-hybridized carbons (Fsp3) is 0.486. The summed E-state index contributed by atoms with van der Waals surface area (Å²) in [6.07, 6.45) is -2.25. The smallest absolute Gasteiger partial charge is 0.303 e. The summed E-state index contributed by atoms with van der Waals surface area (Å²) >= 11 is 0. The molecule has 0 bridgehead atoms. The maximum atomic E-state index is 15.4. The van der Waals surface area contributed by atoms with E-state index in [1.807, 2.05) is 0 Å². The Kier molecular flexibility index (Phi) is 11.9. The van der Waals surface area contributed by atoms with Crippen LogP contribution in [0.3, 0.4) is 0 Å². The summed E-state index contributed by atoms with van der Waals surface area (Å²) in [4.78, 5) is 13.1. The van der Waals surface area contributed by atoms with Gasteiger partial charge in [0.05, 0.1) is 53.2 Å². The predicted octanol–water partition coefficient (Wildman–Crippen LogP) is 6.96. The first-order valence-corrected chi connectivity index (χ1v) is 20.7. The molecule has 0 saturated carbocycles. The zero-order valence-corrected chi connectivity index (χ0v) is 32.6. The van der Waals surface area contributed by atoms with Gasteiger partial charge in [-0.25, -0.2) is 8.42 Å². The van der Waals surface area contributed by atoms with Crippen molar-refractivity contribution in [1.82, 2.24) is 0 Å². The molecular weight excluding hydrogens is 681 g/mol. The van der Waals surface area contributed by atoms with Gasteiger partial charge in [-0.15, -0.1) is 0 Å². The van der Waals surface area contributed by atoms with Gasteiger partial charge < -0.3 is 37.6 Å². The van der Waals surface area contributed by atoms with Gasteiger partial charge in [0.2, 0.25) is 5.75 Å². The third-order valence-electron chi connectivity index (χ3n) is 9.92. The molecule has 1 aliphatic heterocycles. The van der Waals surface area contributed by atoms with E-state index in [4.69, 9.17) is 37.6 Å². The number of rotatable bonds is 14. The Morgan fingerprint density at radius 3 is 1.94 bits per heavy atom. The van der Waals surface area contributed by atoms with Crippen LogP contribution in [-0.4, -0.2) is 76.2 Å². The first-order valence-electron chi connectivity index (χ1n) is 16.3. The fourth-order valence-corrected chi connectivity index (χ4v) is 9.44. The van der Waals surface area contributed by atoms with E-state index >= 15 is 8.42 Å². The number of benzene rings is 3. The SMILES string of the molecule is COc1ccc(C(OC(C)=O)C2(S(=O)(=O)c3ccccc3)CO[C@H](c3cc(OC)c(OC)c(OC)c3)[C@H]2CO[Si](C)(C)C(C)(C)C)cc1OC. The Morgan fingerprint density at radius 2 is 1.44 bits per heavy atom. The molecular formula is C37H50O11SSi. The van der Waals surface area contributed by atoms with Crippen LogP contribution in [0, 0.1) is 5.92 Å². The molecule has 2 unspecified atom stereocenters. The van der Waals surface area contributed by atoms with E-state index in [0.717, 1.165) is 0 Å². The van der Waals surface area contributed by atoms with Gasteiger partial charge in [-0.3, -0.25) is 4.79 Å². The molecule has 0 aliphatic carbocycles. The van der Waals surface area contributed by atoms with Crippen molar-refractivity contribution in [3.05, 3.63) is 71.8 Å². The van der Waals surface area contributed by atoms with Crippen LogP contribution in [0.4, 0.5) is 0 Å². The third kappa shape index (κ3) is 7.18. The quantitative estimate of drug-likeness (QED) is 0.126. The molecule has 0 N–H and O–H groups in total. The second-order valence-corrected chi connectivity index (χ2v) is 20.8. The number of carbonyl (C=O) groups is 1. The van der Waals surface area contributed by atoms with Gasteiger partial charge in [-0.2, -0.15) is 0 Å². The van der Waals surface area contributed by atoms with Gasteiger partial charge in [0.25, 0.3) is 0 Å². The van der Waals surface area contributed by atoms with E-state index in [1.54, 1.807) is 48.5 Å². The lowest BCUT2D eigenvalue weighted by Gasteiger charge is -2.43. The van der Waals surface area contributed by atoms with Gasteiger partial charge in [0.1, 0.15) is 10.9 Å². The molecule has 274 valence electrons. The van der Waals surface area contributed by atoms with Crippen molar-refractivity contribution in [2.45, 2.75) is 67.7 Å². The Bertz CT molecular complexity index is 1730. The maximum absolute atomic E-state index is 15.4. The van der Waals surface area contributed by atoms with Gasteiger partial charge in [0, 0.05) is 19.4 Å². The summed E-state index contributed by atoms with van der Waals surface area (Å²) in [5.74, 6) is 0.271. The van der Waals surface area contributed by atoms with E-state index in [0.29, 0.717) is 39.9 Å². The van der Waals surface area contributed by atoms with Crippen LogP contribution < -0.4 is 23.7 Å². The van der Waals surface area contributed by atoms with E-state index in [2.05, 4.69) is 33.9 Å². The Hall–Kier alpha value is -3.78. The molecule has 0 spiro atoms. The summed E-state index contributed by atoms with van der Waals surface area (Å²) in [6, 6.07) is 16.6. The Morgan fingerprint density at radius 1 is 0.860 bits per heavy atom. The number of hydrogen-bond acceptors (Lipinski definition) is 11. The highest BCUT2D eigenvalue weighted by molar-refractivity contribution is 7.93. The van der Waals surface area contributed by atoms with Crippen LogP contribution in [0.25, 0.3) is 0 Å². The number of sulfone groups is 1. The molecule has 4 atom stereocenters. The van der Waals surface area contributed by atoms with Crippen molar-refractivity contribution in [2.24, 2.45) is 5.92 Å². The van der Waals surface area contributed by atoms with Crippen LogP contribution in [0.1, 0.15) is 51.0 Å².